The minimum Gasteiger partial charge on any atom is -0.456 e. The number of sulfonamides is 1. The van der Waals surface area contributed by atoms with E-state index in [1.807, 2.05) is 55.5 Å². The highest BCUT2D eigenvalue weighted by Gasteiger charge is 2.62. The van der Waals surface area contributed by atoms with Crippen molar-refractivity contribution in [1.82, 2.24) is 0 Å². The number of unbranched alkanes of at least 4 members (excludes halogenated alkanes) is 1. The standard InChI is InChI=1S/C32H39N2O6S/c1-25-15-19-29(20-16-25)41(37,38)34(22-26-17-18-26,32(36)40-24-28-12-6-3-7-13-28)30(14-8-9-21-33)31(35)39-23-27-10-4-2-5-11-27/h2-7,10-13,15-16,19-20,26,30H,8-9,14,17-18,21-24,33H2,1H3/q+1/t30-,34?/m0/s1. The molecule has 1 unspecified atom stereocenters. The number of quaternary nitrogens is 1. The molecular weight excluding hydrogens is 540 g/mol. The fourth-order valence-electron chi connectivity index (χ4n) is 4.91. The SMILES string of the molecule is Cc1ccc(S(=O)(=O)[N+](CC2CC2)(C(=O)OCc2ccccc2)[C@@H](CCCCN)C(=O)OCc2ccccc2)cc1. The summed E-state index contributed by atoms with van der Waals surface area (Å²) in [6, 6.07) is 23.2. The predicted molar refractivity (Wildman–Crippen MR) is 156 cm³/mol. The van der Waals surface area contributed by atoms with Gasteiger partial charge in [0.15, 0.2) is 0 Å². The van der Waals surface area contributed by atoms with Crippen LogP contribution in [0.1, 0.15) is 48.8 Å². The van der Waals surface area contributed by atoms with Crippen LogP contribution in [-0.4, -0.2) is 43.5 Å². The molecule has 0 saturated heterocycles. The largest absolute Gasteiger partial charge is 0.533 e. The van der Waals surface area contributed by atoms with Gasteiger partial charge in [-0.1, -0.05) is 78.4 Å². The average Bonchev–Trinajstić information content (AvgIpc) is 3.81. The van der Waals surface area contributed by atoms with Crippen LogP contribution in [0.25, 0.3) is 0 Å². The molecule has 0 heterocycles. The summed E-state index contributed by atoms with van der Waals surface area (Å²) in [5.74, 6) is -0.794. The van der Waals surface area contributed by atoms with Gasteiger partial charge in [0, 0.05) is 12.3 Å². The van der Waals surface area contributed by atoms with Crippen molar-refractivity contribution in [3.63, 3.8) is 0 Å². The number of carbonyl (C=O) groups is 2. The summed E-state index contributed by atoms with van der Waals surface area (Å²) in [7, 11) is -4.47. The third-order valence-corrected chi connectivity index (χ3v) is 9.70. The summed E-state index contributed by atoms with van der Waals surface area (Å²) >= 11 is 0. The molecule has 41 heavy (non-hydrogen) atoms. The number of aryl methyl sites for hydroxylation is 1. The van der Waals surface area contributed by atoms with E-state index in [1.165, 1.54) is 12.1 Å². The van der Waals surface area contributed by atoms with Crippen molar-refractivity contribution in [2.24, 2.45) is 11.7 Å². The summed E-state index contributed by atoms with van der Waals surface area (Å²) < 4.78 is 39.7. The fraction of sp³-hybridized carbons (Fsp3) is 0.375. The minimum absolute atomic E-state index is 0.0415. The summed E-state index contributed by atoms with van der Waals surface area (Å²) in [6.07, 6.45) is 1.67. The Morgan fingerprint density at radius 3 is 1.95 bits per heavy atom. The maximum absolute atomic E-state index is 14.7. The van der Waals surface area contributed by atoms with Gasteiger partial charge in [-0.25, -0.2) is 4.79 Å². The summed E-state index contributed by atoms with van der Waals surface area (Å²) in [5, 5.41) is 0. The maximum Gasteiger partial charge on any atom is 0.533 e. The van der Waals surface area contributed by atoms with Crippen LogP contribution in [0.15, 0.2) is 89.8 Å². The molecule has 4 rings (SSSR count). The number of benzene rings is 3. The maximum atomic E-state index is 14.7. The number of hydrogen-bond acceptors (Lipinski definition) is 7. The number of ether oxygens (including phenoxy) is 2. The zero-order chi connectivity index (χ0) is 29.3. The number of amides is 1. The number of rotatable bonds is 14. The molecule has 2 N–H and O–H groups in total. The molecule has 1 aliphatic carbocycles. The van der Waals surface area contributed by atoms with Gasteiger partial charge in [0.25, 0.3) is 0 Å². The molecule has 0 aromatic heterocycles. The summed E-state index contributed by atoms with van der Waals surface area (Å²) in [6.45, 7) is 1.99. The molecule has 1 fully saturated rings. The molecule has 9 heteroatoms. The fourth-order valence-corrected chi connectivity index (χ4v) is 6.95. The topological polar surface area (TPSA) is 113 Å². The summed E-state index contributed by atoms with van der Waals surface area (Å²) in [4.78, 5) is 28.2. The van der Waals surface area contributed by atoms with Gasteiger partial charge in [-0.05, 0) is 62.4 Å². The first kappa shape index (κ1) is 30.4. The molecule has 1 amide bonds. The Bertz CT molecular complexity index is 1390. The number of esters is 1. The second-order valence-corrected chi connectivity index (χ2v) is 12.7. The zero-order valence-electron chi connectivity index (χ0n) is 23.5. The molecule has 3 aromatic rings. The average molecular weight is 580 g/mol. The van der Waals surface area contributed by atoms with Gasteiger partial charge in [-0.2, -0.15) is 13.2 Å². The predicted octanol–water partition coefficient (Wildman–Crippen LogP) is 5.49. The van der Waals surface area contributed by atoms with E-state index in [9.17, 15) is 18.0 Å². The lowest BCUT2D eigenvalue weighted by atomic mass is 10.1. The quantitative estimate of drug-likeness (QED) is 0.153. The highest BCUT2D eigenvalue weighted by Crippen LogP contribution is 2.40. The van der Waals surface area contributed by atoms with E-state index in [1.54, 1.807) is 24.3 Å². The van der Waals surface area contributed by atoms with Gasteiger partial charge in [0.1, 0.15) is 24.7 Å². The Balaban J connectivity index is 1.80. The molecule has 3 aromatic carbocycles. The van der Waals surface area contributed by atoms with Crippen molar-refractivity contribution >= 4 is 22.1 Å². The number of nitrogens with two attached hydrogens (primary N) is 1. The molecule has 218 valence electrons. The molecule has 8 nitrogen and oxygen atoms in total. The van der Waals surface area contributed by atoms with Crippen molar-refractivity contribution in [1.29, 1.82) is 0 Å². The van der Waals surface area contributed by atoms with Crippen LogP contribution in [0.4, 0.5) is 4.79 Å². The monoisotopic (exact) mass is 579 g/mol. The molecule has 2 atom stereocenters. The number of carbonyl (C=O) groups excluding carboxylic acids is 2. The van der Waals surface area contributed by atoms with Crippen molar-refractivity contribution in [2.45, 2.75) is 63.2 Å². The first-order valence-electron chi connectivity index (χ1n) is 14.1. The second-order valence-electron chi connectivity index (χ2n) is 10.6. The van der Waals surface area contributed by atoms with Crippen molar-refractivity contribution in [3.8, 4) is 0 Å². The molecule has 1 aliphatic rings. The third kappa shape index (κ3) is 7.41. The molecular formula is C32H39N2O6S+. The van der Waals surface area contributed by atoms with Crippen LogP contribution in [-0.2, 0) is 37.5 Å². The normalized spacial score (nSPS) is 15.5. The van der Waals surface area contributed by atoms with Crippen molar-refractivity contribution < 1.29 is 31.4 Å². The number of nitrogens with zero attached hydrogens (tertiary/aromatic N) is 1. The van der Waals surface area contributed by atoms with Crippen LogP contribution in [0.3, 0.4) is 0 Å². The van der Waals surface area contributed by atoms with Crippen molar-refractivity contribution in [3.05, 3.63) is 102 Å². The molecule has 0 bridgehead atoms. The van der Waals surface area contributed by atoms with Gasteiger partial charge in [-0.15, -0.1) is 3.89 Å². The van der Waals surface area contributed by atoms with E-state index in [4.69, 9.17) is 15.2 Å². The molecule has 0 spiro atoms. The Kier molecular flexibility index (Phi) is 10.3. The second kappa shape index (κ2) is 13.9. The minimum atomic E-state index is -4.47. The van der Waals surface area contributed by atoms with E-state index < -0.39 is 32.0 Å². The molecule has 1 saturated carbocycles. The van der Waals surface area contributed by atoms with Crippen LogP contribution in [0, 0.1) is 12.8 Å². The molecule has 0 radical (unpaired) electrons. The van der Waals surface area contributed by atoms with Crippen LogP contribution >= 0.6 is 0 Å². The van der Waals surface area contributed by atoms with Crippen LogP contribution in [0.5, 0.6) is 0 Å². The Hall–Kier alpha value is -3.53. The van der Waals surface area contributed by atoms with E-state index in [-0.39, 0.29) is 37.0 Å². The van der Waals surface area contributed by atoms with Gasteiger partial charge in [-0.3, -0.25) is 0 Å². The van der Waals surface area contributed by atoms with Gasteiger partial charge in [0.2, 0.25) is 6.04 Å². The third-order valence-electron chi connectivity index (χ3n) is 7.42. The van der Waals surface area contributed by atoms with E-state index >= 15 is 0 Å². The summed E-state index contributed by atoms with van der Waals surface area (Å²) in [5.41, 5.74) is 8.10. The Morgan fingerprint density at radius 1 is 0.854 bits per heavy atom. The van der Waals surface area contributed by atoms with Gasteiger partial charge in [0.05, 0.1) is 0 Å². The lowest BCUT2D eigenvalue weighted by Gasteiger charge is -2.38. The Labute approximate surface area is 242 Å². The highest BCUT2D eigenvalue weighted by atomic mass is 32.2. The number of hydrogen-bond donors (Lipinski definition) is 1. The first-order valence-corrected chi connectivity index (χ1v) is 15.5. The van der Waals surface area contributed by atoms with Gasteiger partial charge < -0.3 is 15.2 Å². The van der Waals surface area contributed by atoms with Gasteiger partial charge >= 0.3 is 22.1 Å². The highest BCUT2D eigenvalue weighted by molar-refractivity contribution is 7.86. The Morgan fingerprint density at radius 2 is 1.41 bits per heavy atom. The van der Waals surface area contributed by atoms with E-state index in [0.717, 1.165) is 24.0 Å². The van der Waals surface area contributed by atoms with E-state index in [0.29, 0.717) is 24.9 Å². The first-order chi connectivity index (χ1) is 19.8. The zero-order valence-corrected chi connectivity index (χ0v) is 24.3. The lowest BCUT2D eigenvalue weighted by molar-refractivity contribution is -0.754. The lowest BCUT2D eigenvalue weighted by Crippen LogP contribution is -2.66. The van der Waals surface area contributed by atoms with Crippen molar-refractivity contribution in [2.75, 3.05) is 13.1 Å². The smallest absolute Gasteiger partial charge is 0.456 e. The van der Waals surface area contributed by atoms with E-state index in [2.05, 4.69) is 0 Å². The van der Waals surface area contributed by atoms with Crippen LogP contribution in [0.2, 0.25) is 0 Å². The molecule has 0 aliphatic heterocycles. The van der Waals surface area contributed by atoms with Crippen LogP contribution < -0.4 is 5.73 Å².